The fraction of sp³-hybridized carbons (Fsp3) is 0.714. The average molecular weight is 377 g/mol. The third-order valence-electron chi connectivity index (χ3n) is 2.86. The van der Waals surface area contributed by atoms with Gasteiger partial charge in [-0.25, -0.2) is 9.97 Å². The van der Waals surface area contributed by atoms with Crippen molar-refractivity contribution in [1.82, 2.24) is 9.97 Å². The maximum absolute atomic E-state index is 6.04. The summed E-state index contributed by atoms with van der Waals surface area (Å²) in [6.45, 7) is 12.7. The number of halogens is 1. The van der Waals surface area contributed by atoms with Gasteiger partial charge in [0, 0.05) is 12.5 Å². The highest BCUT2D eigenvalue weighted by Gasteiger charge is 2.31. The molecule has 19 heavy (non-hydrogen) atoms. The van der Waals surface area contributed by atoms with Crippen LogP contribution in [0.3, 0.4) is 0 Å². The van der Waals surface area contributed by atoms with E-state index in [0.717, 1.165) is 9.26 Å². The van der Waals surface area contributed by atoms with Crippen LogP contribution in [0.25, 0.3) is 0 Å². The summed E-state index contributed by atoms with van der Waals surface area (Å²) in [4.78, 5) is 9.14. The highest BCUT2D eigenvalue weighted by Crippen LogP contribution is 2.36. The standard InChI is InChI=1S/C14H24IN3O/c1-13(2,3)9-8(15)11(16)18-12(17-9)10(19-7)14(4,5)6/h10H,1-7H3,(H2,16,17,18). The largest absolute Gasteiger partial charge is 0.383 e. The lowest BCUT2D eigenvalue weighted by atomic mass is 9.87. The van der Waals surface area contributed by atoms with Gasteiger partial charge in [-0.15, -0.1) is 0 Å². The lowest BCUT2D eigenvalue weighted by Crippen LogP contribution is -2.26. The van der Waals surface area contributed by atoms with E-state index >= 15 is 0 Å². The molecule has 108 valence electrons. The molecular formula is C14H24IN3O. The number of methoxy groups -OCH3 is 1. The van der Waals surface area contributed by atoms with E-state index in [9.17, 15) is 0 Å². The van der Waals surface area contributed by atoms with E-state index in [1.165, 1.54) is 0 Å². The van der Waals surface area contributed by atoms with Crippen molar-refractivity contribution in [2.75, 3.05) is 12.8 Å². The summed E-state index contributed by atoms with van der Waals surface area (Å²) < 4.78 is 6.51. The number of nitrogens with zero attached hydrogens (tertiary/aromatic N) is 2. The molecule has 0 aliphatic heterocycles. The minimum absolute atomic E-state index is 0.0709. The summed E-state index contributed by atoms with van der Waals surface area (Å²) in [5.41, 5.74) is 6.86. The molecular weight excluding hydrogens is 353 g/mol. The van der Waals surface area contributed by atoms with Crippen molar-refractivity contribution in [1.29, 1.82) is 0 Å². The summed E-state index contributed by atoms with van der Waals surface area (Å²) in [5, 5.41) is 0. The predicted octanol–water partition coefficient (Wildman–Crippen LogP) is 3.69. The summed E-state index contributed by atoms with van der Waals surface area (Å²) in [6.07, 6.45) is -0.173. The van der Waals surface area contributed by atoms with Crippen LogP contribution in [-0.2, 0) is 10.2 Å². The first-order chi connectivity index (χ1) is 8.48. The maximum Gasteiger partial charge on any atom is 0.160 e. The fourth-order valence-corrected chi connectivity index (χ4v) is 2.99. The van der Waals surface area contributed by atoms with Gasteiger partial charge in [0.2, 0.25) is 0 Å². The number of ether oxygens (including phenoxy) is 1. The second kappa shape index (κ2) is 5.52. The quantitative estimate of drug-likeness (QED) is 0.799. The molecule has 0 aliphatic rings. The van der Waals surface area contributed by atoms with Gasteiger partial charge in [0.25, 0.3) is 0 Å². The second-order valence-corrected chi connectivity index (χ2v) is 7.94. The third kappa shape index (κ3) is 3.78. The SMILES string of the molecule is COC(c1nc(N)c(I)c(C(C)(C)C)n1)C(C)(C)C. The van der Waals surface area contributed by atoms with E-state index in [2.05, 4.69) is 69.1 Å². The highest BCUT2D eigenvalue weighted by atomic mass is 127. The molecule has 0 fully saturated rings. The first-order valence-electron chi connectivity index (χ1n) is 6.34. The Hall–Kier alpha value is -0.430. The molecule has 1 heterocycles. The van der Waals surface area contributed by atoms with E-state index in [0.29, 0.717) is 11.6 Å². The Labute approximate surface area is 129 Å². The molecule has 0 saturated heterocycles. The molecule has 1 atom stereocenters. The molecule has 2 N–H and O–H groups in total. The van der Waals surface area contributed by atoms with Crippen molar-refractivity contribution in [3.05, 3.63) is 15.1 Å². The molecule has 0 bridgehead atoms. The highest BCUT2D eigenvalue weighted by molar-refractivity contribution is 14.1. The summed E-state index contributed by atoms with van der Waals surface area (Å²) in [6, 6.07) is 0. The normalized spacial score (nSPS) is 14.5. The van der Waals surface area contributed by atoms with Crippen LogP contribution in [0.5, 0.6) is 0 Å². The van der Waals surface area contributed by atoms with Gasteiger partial charge in [-0.1, -0.05) is 41.5 Å². The van der Waals surface area contributed by atoms with Crippen LogP contribution >= 0.6 is 22.6 Å². The Morgan fingerprint density at radius 3 is 2.00 bits per heavy atom. The molecule has 1 aromatic rings. The summed E-state index contributed by atoms with van der Waals surface area (Å²) in [7, 11) is 1.68. The molecule has 1 unspecified atom stereocenters. The van der Waals surface area contributed by atoms with Crippen molar-refractivity contribution in [3.8, 4) is 0 Å². The van der Waals surface area contributed by atoms with Crippen molar-refractivity contribution in [2.45, 2.75) is 53.1 Å². The van der Waals surface area contributed by atoms with E-state index in [1.807, 2.05) is 0 Å². The van der Waals surface area contributed by atoms with Gasteiger partial charge in [-0.2, -0.15) is 0 Å². The van der Waals surface area contributed by atoms with Crippen molar-refractivity contribution in [3.63, 3.8) is 0 Å². The minimum atomic E-state index is -0.173. The lowest BCUT2D eigenvalue weighted by Gasteiger charge is -2.30. The zero-order valence-corrected chi connectivity index (χ0v) is 15.0. The Morgan fingerprint density at radius 2 is 1.63 bits per heavy atom. The Bertz CT molecular complexity index is 461. The number of nitrogen functional groups attached to an aromatic ring is 1. The van der Waals surface area contributed by atoms with Crippen molar-refractivity contribution < 1.29 is 4.74 Å². The number of hydrogen-bond acceptors (Lipinski definition) is 4. The van der Waals surface area contributed by atoms with E-state index < -0.39 is 0 Å². The Balaban J connectivity index is 3.43. The monoisotopic (exact) mass is 377 g/mol. The van der Waals surface area contributed by atoms with Crippen LogP contribution < -0.4 is 5.73 Å². The number of anilines is 1. The topological polar surface area (TPSA) is 61.0 Å². The van der Waals surface area contributed by atoms with Gasteiger partial charge in [0.05, 0.1) is 9.26 Å². The van der Waals surface area contributed by atoms with Crippen LogP contribution in [0, 0.1) is 8.99 Å². The van der Waals surface area contributed by atoms with E-state index in [1.54, 1.807) is 7.11 Å². The number of aromatic nitrogens is 2. The van der Waals surface area contributed by atoms with Crippen LogP contribution in [0.2, 0.25) is 0 Å². The van der Waals surface area contributed by atoms with Gasteiger partial charge in [0.1, 0.15) is 11.9 Å². The predicted molar refractivity (Wildman–Crippen MR) is 87.1 cm³/mol. The van der Waals surface area contributed by atoms with Gasteiger partial charge in [-0.05, 0) is 28.0 Å². The summed E-state index contributed by atoms with van der Waals surface area (Å²) in [5.74, 6) is 1.19. The number of rotatable bonds is 2. The molecule has 0 saturated carbocycles. The molecule has 0 radical (unpaired) electrons. The number of hydrogen-bond donors (Lipinski definition) is 1. The van der Waals surface area contributed by atoms with Crippen molar-refractivity contribution in [2.24, 2.45) is 5.41 Å². The first kappa shape index (κ1) is 16.6. The molecule has 5 heteroatoms. The minimum Gasteiger partial charge on any atom is -0.383 e. The molecule has 0 aliphatic carbocycles. The first-order valence-corrected chi connectivity index (χ1v) is 7.42. The molecule has 0 aromatic carbocycles. The van der Waals surface area contributed by atoms with Crippen LogP contribution in [0.15, 0.2) is 0 Å². The smallest absolute Gasteiger partial charge is 0.160 e. The second-order valence-electron chi connectivity index (χ2n) is 6.86. The van der Waals surface area contributed by atoms with Crippen molar-refractivity contribution >= 4 is 28.4 Å². The van der Waals surface area contributed by atoms with E-state index in [4.69, 9.17) is 15.5 Å². The third-order valence-corrected chi connectivity index (χ3v) is 3.92. The van der Waals surface area contributed by atoms with Crippen LogP contribution in [0.1, 0.15) is 59.2 Å². The van der Waals surface area contributed by atoms with Gasteiger partial charge >= 0.3 is 0 Å². The van der Waals surface area contributed by atoms with E-state index in [-0.39, 0.29) is 16.9 Å². The maximum atomic E-state index is 6.04. The average Bonchev–Trinajstić information content (AvgIpc) is 2.20. The summed E-state index contributed by atoms with van der Waals surface area (Å²) >= 11 is 2.21. The van der Waals surface area contributed by atoms with Gasteiger partial charge in [-0.3, -0.25) is 0 Å². The molecule has 1 aromatic heterocycles. The lowest BCUT2D eigenvalue weighted by molar-refractivity contribution is 0.00846. The zero-order chi connectivity index (χ0) is 15.0. The van der Waals surface area contributed by atoms with Gasteiger partial charge < -0.3 is 10.5 Å². The van der Waals surface area contributed by atoms with Crippen LogP contribution in [-0.4, -0.2) is 17.1 Å². The fourth-order valence-electron chi connectivity index (χ4n) is 1.94. The Morgan fingerprint density at radius 1 is 1.11 bits per heavy atom. The molecule has 1 rings (SSSR count). The molecule has 0 spiro atoms. The Kier molecular flexibility index (Phi) is 4.83. The zero-order valence-electron chi connectivity index (χ0n) is 12.8. The number of nitrogens with two attached hydrogens (primary N) is 1. The molecule has 0 amide bonds. The van der Waals surface area contributed by atoms with Crippen LogP contribution in [0.4, 0.5) is 5.82 Å². The molecule has 4 nitrogen and oxygen atoms in total. The van der Waals surface area contributed by atoms with Gasteiger partial charge in [0.15, 0.2) is 5.82 Å².